The molecule has 33 heavy (non-hydrogen) atoms. The molecule has 5 nitrogen and oxygen atoms in total. The fraction of sp³-hybridized carbons (Fsp3) is 0.357. The molecule has 0 heterocycles. The highest BCUT2D eigenvalue weighted by Gasteiger charge is 2.27. The summed E-state index contributed by atoms with van der Waals surface area (Å²) in [6.45, 7) is 0. The van der Waals surface area contributed by atoms with Gasteiger partial charge in [0, 0.05) is 14.1 Å². The first kappa shape index (κ1) is 22.8. The number of hydrogen-bond donors (Lipinski definition) is 2. The summed E-state index contributed by atoms with van der Waals surface area (Å²) in [5.41, 5.74) is 4.31. The van der Waals surface area contributed by atoms with Gasteiger partial charge in [0.25, 0.3) is 0 Å². The van der Waals surface area contributed by atoms with E-state index in [0.717, 1.165) is 22.1 Å². The van der Waals surface area contributed by atoms with Crippen LogP contribution in [0.2, 0.25) is 0 Å². The number of rotatable bonds is 6. The van der Waals surface area contributed by atoms with Crippen LogP contribution >= 0.6 is 0 Å². The number of nitrogens with one attached hydrogen (secondary N) is 2. The molecule has 5 heteroatoms. The van der Waals surface area contributed by atoms with Gasteiger partial charge in [-0.1, -0.05) is 49.6 Å². The SMILES string of the molecule is CNC(=O)C(C(=O)NC)c1ccc2cc(-c3ccc(OC)c(C4CCCCC4)c3)ccc2c1. The molecular formula is C28H32N2O3. The number of likely N-dealkylation sites (N-methyl/N-ethyl adjacent to an activating group) is 2. The third-order valence-corrected chi connectivity index (χ3v) is 6.82. The maximum atomic E-state index is 12.3. The zero-order valence-corrected chi connectivity index (χ0v) is 19.6. The maximum Gasteiger partial charge on any atom is 0.236 e. The van der Waals surface area contributed by atoms with Crippen LogP contribution < -0.4 is 15.4 Å². The highest BCUT2D eigenvalue weighted by Crippen LogP contribution is 2.40. The van der Waals surface area contributed by atoms with E-state index in [4.69, 9.17) is 4.74 Å². The van der Waals surface area contributed by atoms with Gasteiger partial charge in [0.2, 0.25) is 11.8 Å². The van der Waals surface area contributed by atoms with Gasteiger partial charge < -0.3 is 15.4 Å². The fourth-order valence-corrected chi connectivity index (χ4v) is 4.98. The third-order valence-electron chi connectivity index (χ3n) is 6.82. The van der Waals surface area contributed by atoms with Crippen LogP contribution in [0.4, 0.5) is 0 Å². The van der Waals surface area contributed by atoms with Crippen molar-refractivity contribution in [3.05, 3.63) is 65.7 Å². The number of benzene rings is 3. The molecule has 1 fully saturated rings. The summed E-state index contributed by atoms with van der Waals surface area (Å²) >= 11 is 0. The molecule has 2 amide bonds. The summed E-state index contributed by atoms with van der Waals surface area (Å²) in [7, 11) is 4.84. The smallest absolute Gasteiger partial charge is 0.236 e. The van der Waals surface area contributed by atoms with Gasteiger partial charge in [-0.15, -0.1) is 0 Å². The molecule has 0 saturated heterocycles. The molecule has 0 bridgehead atoms. The van der Waals surface area contributed by atoms with Crippen LogP contribution in [-0.4, -0.2) is 33.0 Å². The van der Waals surface area contributed by atoms with E-state index >= 15 is 0 Å². The van der Waals surface area contributed by atoms with E-state index < -0.39 is 5.92 Å². The van der Waals surface area contributed by atoms with Crippen LogP contribution in [0.25, 0.3) is 21.9 Å². The number of carbonyl (C=O) groups is 2. The average molecular weight is 445 g/mol. The molecule has 3 aromatic carbocycles. The lowest BCUT2D eigenvalue weighted by Gasteiger charge is -2.24. The van der Waals surface area contributed by atoms with E-state index in [1.54, 1.807) is 21.2 Å². The molecule has 3 aromatic rings. The zero-order valence-electron chi connectivity index (χ0n) is 19.6. The fourth-order valence-electron chi connectivity index (χ4n) is 4.98. The minimum atomic E-state index is -0.872. The molecule has 1 saturated carbocycles. The number of hydrogen-bond acceptors (Lipinski definition) is 3. The van der Waals surface area contributed by atoms with E-state index in [1.165, 1.54) is 43.2 Å². The summed E-state index contributed by atoms with van der Waals surface area (Å²) in [6, 6.07) is 18.6. The number of carbonyl (C=O) groups excluding carboxylic acids is 2. The normalized spacial score (nSPS) is 14.3. The van der Waals surface area contributed by atoms with Crippen molar-refractivity contribution in [2.24, 2.45) is 0 Å². The van der Waals surface area contributed by atoms with Crippen molar-refractivity contribution in [3.8, 4) is 16.9 Å². The van der Waals surface area contributed by atoms with Crippen LogP contribution in [0, 0.1) is 0 Å². The van der Waals surface area contributed by atoms with Crippen LogP contribution in [0.3, 0.4) is 0 Å². The molecule has 172 valence electrons. The average Bonchev–Trinajstić information content (AvgIpc) is 2.88. The van der Waals surface area contributed by atoms with Gasteiger partial charge in [0.1, 0.15) is 11.7 Å². The molecule has 2 N–H and O–H groups in total. The Morgan fingerprint density at radius 2 is 1.42 bits per heavy atom. The zero-order chi connectivity index (χ0) is 23.4. The van der Waals surface area contributed by atoms with Crippen molar-refractivity contribution >= 4 is 22.6 Å². The van der Waals surface area contributed by atoms with Crippen molar-refractivity contribution in [2.45, 2.75) is 43.9 Å². The lowest BCUT2D eigenvalue weighted by atomic mass is 9.82. The van der Waals surface area contributed by atoms with Gasteiger partial charge in [-0.2, -0.15) is 0 Å². The number of amides is 2. The summed E-state index contributed by atoms with van der Waals surface area (Å²) in [6.07, 6.45) is 6.33. The minimum absolute atomic E-state index is 0.321. The number of methoxy groups -OCH3 is 1. The molecule has 0 aliphatic heterocycles. The van der Waals surface area contributed by atoms with Crippen molar-refractivity contribution in [1.29, 1.82) is 0 Å². The first-order chi connectivity index (χ1) is 16.0. The van der Waals surface area contributed by atoms with Crippen molar-refractivity contribution in [2.75, 3.05) is 21.2 Å². The van der Waals surface area contributed by atoms with Crippen molar-refractivity contribution in [3.63, 3.8) is 0 Å². The Morgan fingerprint density at radius 1 is 0.818 bits per heavy atom. The summed E-state index contributed by atoms with van der Waals surface area (Å²) in [4.78, 5) is 24.6. The van der Waals surface area contributed by atoms with Crippen LogP contribution in [-0.2, 0) is 9.59 Å². The first-order valence-electron chi connectivity index (χ1n) is 11.7. The summed E-state index contributed by atoms with van der Waals surface area (Å²) in [5.74, 6) is 0.0230. The molecule has 0 unspecified atom stereocenters. The standard InChI is InChI=1S/C28H32N2O3/c1-29-27(31)26(28(32)30-2)23-12-11-19-15-20(9-10-21(19)16-23)22-13-14-25(33-3)24(17-22)18-7-5-4-6-8-18/h9-18,26H,4-8H2,1-3H3,(H,29,31)(H,30,32). The predicted molar refractivity (Wildman–Crippen MR) is 133 cm³/mol. The van der Waals surface area contributed by atoms with Crippen molar-refractivity contribution < 1.29 is 14.3 Å². The molecule has 0 radical (unpaired) electrons. The summed E-state index contributed by atoms with van der Waals surface area (Å²) in [5, 5.41) is 7.24. The quantitative estimate of drug-likeness (QED) is 0.518. The van der Waals surface area contributed by atoms with Gasteiger partial charge in [-0.25, -0.2) is 0 Å². The van der Waals surface area contributed by atoms with Gasteiger partial charge in [0.15, 0.2) is 0 Å². The van der Waals surface area contributed by atoms with Crippen LogP contribution in [0.1, 0.15) is 55.1 Å². The van der Waals surface area contributed by atoms with E-state index in [9.17, 15) is 9.59 Å². The minimum Gasteiger partial charge on any atom is -0.496 e. The molecule has 1 aliphatic carbocycles. The van der Waals surface area contributed by atoms with Gasteiger partial charge in [-0.05, 0) is 76.1 Å². The van der Waals surface area contributed by atoms with Crippen LogP contribution in [0.15, 0.2) is 54.6 Å². The second kappa shape index (κ2) is 10.1. The number of ether oxygens (including phenoxy) is 1. The topological polar surface area (TPSA) is 67.4 Å². The Kier molecular flexibility index (Phi) is 6.97. The Hall–Kier alpha value is -3.34. The Morgan fingerprint density at radius 3 is 2.09 bits per heavy atom. The highest BCUT2D eigenvalue weighted by atomic mass is 16.5. The van der Waals surface area contributed by atoms with Gasteiger partial charge in [-0.3, -0.25) is 9.59 Å². The predicted octanol–water partition coefficient (Wildman–Crippen LogP) is 5.14. The third kappa shape index (κ3) is 4.72. The van der Waals surface area contributed by atoms with E-state index in [2.05, 4.69) is 47.0 Å². The van der Waals surface area contributed by atoms with E-state index in [-0.39, 0.29) is 11.8 Å². The highest BCUT2D eigenvalue weighted by molar-refractivity contribution is 6.06. The second-order valence-corrected chi connectivity index (χ2v) is 8.77. The number of fused-ring (bicyclic) bond motifs is 1. The Balaban J connectivity index is 1.69. The molecule has 0 aromatic heterocycles. The second-order valence-electron chi connectivity index (χ2n) is 8.77. The Labute approximate surface area is 195 Å². The largest absolute Gasteiger partial charge is 0.496 e. The molecule has 0 atom stereocenters. The maximum absolute atomic E-state index is 12.3. The lowest BCUT2D eigenvalue weighted by Crippen LogP contribution is -2.36. The van der Waals surface area contributed by atoms with E-state index in [0.29, 0.717) is 11.5 Å². The molecule has 0 spiro atoms. The Bertz CT molecular complexity index is 1150. The van der Waals surface area contributed by atoms with Crippen molar-refractivity contribution in [1.82, 2.24) is 10.6 Å². The molecule has 4 rings (SSSR count). The summed E-state index contributed by atoms with van der Waals surface area (Å²) < 4.78 is 5.69. The monoisotopic (exact) mass is 444 g/mol. The molecule has 1 aliphatic rings. The lowest BCUT2D eigenvalue weighted by molar-refractivity contribution is -0.131. The van der Waals surface area contributed by atoms with Crippen LogP contribution in [0.5, 0.6) is 5.75 Å². The molecular weight excluding hydrogens is 412 g/mol. The van der Waals surface area contributed by atoms with Gasteiger partial charge in [0.05, 0.1) is 7.11 Å². The van der Waals surface area contributed by atoms with E-state index in [1.807, 2.05) is 18.2 Å². The van der Waals surface area contributed by atoms with Gasteiger partial charge >= 0.3 is 0 Å². The first-order valence-corrected chi connectivity index (χ1v) is 11.7.